The Bertz CT molecular complexity index is 840. The van der Waals surface area contributed by atoms with Gasteiger partial charge in [-0.15, -0.1) is 0 Å². The summed E-state index contributed by atoms with van der Waals surface area (Å²) in [6.45, 7) is 6.70. The first-order valence-corrected chi connectivity index (χ1v) is 8.71. The Morgan fingerprint density at radius 2 is 2.17 bits per heavy atom. The fourth-order valence-electron chi connectivity index (χ4n) is 3.00. The number of aryl methyl sites for hydroxylation is 1. The van der Waals surface area contributed by atoms with Crippen molar-refractivity contribution in [3.8, 4) is 0 Å². The Balaban J connectivity index is 1.69. The number of nitrogens with one attached hydrogen (secondary N) is 1. The number of halogens is 2. The third-order valence-corrected chi connectivity index (χ3v) is 4.98. The van der Waals surface area contributed by atoms with Crippen LogP contribution in [0.1, 0.15) is 5.56 Å². The number of hydrogen-bond donors (Lipinski definition) is 1. The van der Waals surface area contributed by atoms with Gasteiger partial charge in [0.25, 0.3) is 0 Å². The highest BCUT2D eigenvalue weighted by molar-refractivity contribution is 9.10. The average molecular weight is 411 g/mol. The zero-order chi connectivity index (χ0) is 17.4. The lowest BCUT2D eigenvalue weighted by Crippen LogP contribution is -2.61. The van der Waals surface area contributed by atoms with Crippen molar-refractivity contribution < 1.29 is 9.59 Å². The summed E-state index contributed by atoms with van der Waals surface area (Å²) in [6, 6.07) is 3.77. The molecule has 2 amide bonds. The first-order valence-electron chi connectivity index (χ1n) is 7.54. The van der Waals surface area contributed by atoms with Gasteiger partial charge in [0, 0.05) is 34.2 Å². The maximum absolute atomic E-state index is 12.3. The Morgan fingerprint density at radius 3 is 2.83 bits per heavy atom. The molecule has 0 unspecified atom stereocenters. The molecule has 1 fully saturated rings. The van der Waals surface area contributed by atoms with Crippen molar-refractivity contribution in [2.75, 3.05) is 13.1 Å². The molecule has 1 aromatic carbocycles. The van der Waals surface area contributed by atoms with E-state index in [9.17, 15) is 9.59 Å². The van der Waals surface area contributed by atoms with Crippen molar-refractivity contribution in [3.63, 3.8) is 0 Å². The Labute approximate surface area is 153 Å². The lowest BCUT2D eigenvalue weighted by Gasteiger charge is -2.38. The molecule has 0 radical (unpaired) electrons. The topological polar surface area (TPSA) is 54.3 Å². The van der Waals surface area contributed by atoms with Gasteiger partial charge >= 0.3 is 0 Å². The van der Waals surface area contributed by atoms with Crippen molar-refractivity contribution in [1.29, 1.82) is 0 Å². The maximum Gasteiger partial charge on any atom is 0.246 e. The quantitative estimate of drug-likeness (QED) is 0.788. The minimum Gasteiger partial charge on any atom is -0.348 e. The van der Waals surface area contributed by atoms with E-state index in [1.807, 2.05) is 29.8 Å². The van der Waals surface area contributed by atoms with Crippen molar-refractivity contribution in [2.45, 2.75) is 19.5 Å². The van der Waals surface area contributed by atoms with Gasteiger partial charge in [0.1, 0.15) is 6.54 Å². The van der Waals surface area contributed by atoms with Crippen LogP contribution in [0, 0.1) is 6.92 Å². The summed E-state index contributed by atoms with van der Waals surface area (Å²) < 4.78 is 2.81. The first-order chi connectivity index (χ1) is 11.4. The van der Waals surface area contributed by atoms with Gasteiger partial charge < -0.3 is 14.8 Å². The molecule has 1 aliphatic heterocycles. The predicted molar refractivity (Wildman–Crippen MR) is 98.1 cm³/mol. The highest BCUT2D eigenvalue weighted by Gasteiger charge is 2.30. The van der Waals surface area contributed by atoms with Gasteiger partial charge in [-0.05, 0) is 46.6 Å². The third-order valence-electron chi connectivity index (χ3n) is 4.13. The van der Waals surface area contributed by atoms with Crippen molar-refractivity contribution in [1.82, 2.24) is 14.8 Å². The molecule has 2 heterocycles. The van der Waals surface area contributed by atoms with Crippen LogP contribution in [0.25, 0.3) is 10.9 Å². The molecule has 1 aliphatic rings. The first kappa shape index (κ1) is 17.0. The van der Waals surface area contributed by atoms with E-state index in [1.165, 1.54) is 6.08 Å². The van der Waals surface area contributed by atoms with Gasteiger partial charge in [-0.1, -0.05) is 18.2 Å². The largest absolute Gasteiger partial charge is 0.348 e. The molecule has 1 aromatic heterocycles. The van der Waals surface area contributed by atoms with E-state index >= 15 is 0 Å². The van der Waals surface area contributed by atoms with Crippen molar-refractivity contribution in [2.24, 2.45) is 0 Å². The molecule has 3 rings (SSSR count). The zero-order valence-corrected chi connectivity index (χ0v) is 15.5. The second kappa shape index (κ2) is 6.61. The molecule has 1 saturated heterocycles. The van der Waals surface area contributed by atoms with Crippen LogP contribution < -0.4 is 5.32 Å². The maximum atomic E-state index is 12.3. The Hall–Kier alpha value is -1.79. The van der Waals surface area contributed by atoms with E-state index in [1.54, 1.807) is 4.90 Å². The lowest BCUT2D eigenvalue weighted by atomic mass is 10.1. The van der Waals surface area contributed by atoms with E-state index in [0.29, 0.717) is 18.1 Å². The molecular weight excluding hydrogens is 394 g/mol. The fraction of sp³-hybridized carbons (Fsp3) is 0.294. The molecule has 7 heteroatoms. The number of rotatable bonds is 4. The minimum absolute atomic E-state index is 0.00204. The predicted octanol–water partition coefficient (Wildman–Crippen LogP) is 2.88. The molecule has 2 aromatic rings. The van der Waals surface area contributed by atoms with Crippen LogP contribution in [-0.4, -0.2) is 40.4 Å². The Kier molecular flexibility index (Phi) is 4.69. The monoisotopic (exact) mass is 409 g/mol. The van der Waals surface area contributed by atoms with E-state index < -0.39 is 0 Å². The molecule has 0 bridgehead atoms. The van der Waals surface area contributed by atoms with E-state index in [2.05, 4.69) is 27.8 Å². The van der Waals surface area contributed by atoms with Crippen LogP contribution in [0.15, 0.2) is 35.5 Å². The number of nitrogens with zero attached hydrogens (tertiary/aromatic N) is 2. The van der Waals surface area contributed by atoms with Gasteiger partial charge in [-0.25, -0.2) is 0 Å². The lowest BCUT2D eigenvalue weighted by molar-refractivity contribution is -0.133. The van der Waals surface area contributed by atoms with Crippen molar-refractivity contribution >= 4 is 50.2 Å². The fourth-order valence-corrected chi connectivity index (χ4v) is 3.82. The number of carbonyl (C=O) groups is 2. The molecule has 5 nitrogen and oxygen atoms in total. The van der Waals surface area contributed by atoms with Crippen molar-refractivity contribution in [3.05, 3.63) is 46.0 Å². The molecule has 126 valence electrons. The standard InChI is InChI=1S/C17H17BrClN3O2/c1-3-16(24)21-6-12(7-21)20-15(23)9-22-8-14(18)13-5-11(19)4-10(2)17(13)22/h3-5,8,12H,1,6-7,9H2,2H3,(H,20,23). The van der Waals surface area contributed by atoms with E-state index in [-0.39, 0.29) is 24.4 Å². The number of amides is 2. The van der Waals surface area contributed by atoms with E-state index in [0.717, 1.165) is 20.9 Å². The minimum atomic E-state index is -0.103. The second-order valence-electron chi connectivity index (χ2n) is 5.94. The van der Waals surface area contributed by atoms with Gasteiger partial charge in [0.15, 0.2) is 0 Å². The zero-order valence-electron chi connectivity index (χ0n) is 13.2. The number of fused-ring (bicyclic) bond motifs is 1. The highest BCUT2D eigenvalue weighted by atomic mass is 79.9. The molecule has 0 atom stereocenters. The molecule has 0 saturated carbocycles. The molecule has 1 N–H and O–H groups in total. The summed E-state index contributed by atoms with van der Waals surface area (Å²) in [5, 5.41) is 4.61. The van der Waals surface area contributed by atoms with Gasteiger partial charge in [0.05, 0.1) is 11.6 Å². The SMILES string of the molecule is C=CC(=O)N1CC(NC(=O)Cn2cc(Br)c3cc(Cl)cc(C)c32)C1. The highest BCUT2D eigenvalue weighted by Crippen LogP contribution is 2.31. The van der Waals surface area contributed by atoms with Gasteiger partial charge in [-0.3, -0.25) is 9.59 Å². The summed E-state index contributed by atoms with van der Waals surface area (Å²) in [7, 11) is 0. The van der Waals surface area contributed by atoms with Crippen LogP contribution in [0.2, 0.25) is 5.02 Å². The van der Waals surface area contributed by atoms with E-state index in [4.69, 9.17) is 11.6 Å². The summed E-state index contributed by atoms with van der Waals surface area (Å²) in [6.07, 6.45) is 3.18. The summed E-state index contributed by atoms with van der Waals surface area (Å²) in [4.78, 5) is 25.3. The number of likely N-dealkylation sites (tertiary alicyclic amines) is 1. The third kappa shape index (κ3) is 3.21. The molecule has 0 aliphatic carbocycles. The number of carbonyl (C=O) groups excluding carboxylic acids is 2. The van der Waals surface area contributed by atoms with Crippen LogP contribution >= 0.6 is 27.5 Å². The van der Waals surface area contributed by atoms with Gasteiger partial charge in [-0.2, -0.15) is 0 Å². The summed E-state index contributed by atoms with van der Waals surface area (Å²) in [5.74, 6) is -0.183. The van der Waals surface area contributed by atoms with Crippen LogP contribution in [-0.2, 0) is 16.1 Å². The number of hydrogen-bond acceptors (Lipinski definition) is 2. The Morgan fingerprint density at radius 1 is 1.46 bits per heavy atom. The van der Waals surface area contributed by atoms with Crippen LogP contribution in [0.5, 0.6) is 0 Å². The molecule has 0 spiro atoms. The van der Waals surface area contributed by atoms with Crippen LogP contribution in [0.3, 0.4) is 0 Å². The summed E-state index contributed by atoms with van der Waals surface area (Å²) >= 11 is 9.63. The van der Waals surface area contributed by atoms with Gasteiger partial charge in [0.2, 0.25) is 11.8 Å². The summed E-state index contributed by atoms with van der Waals surface area (Å²) in [5.41, 5.74) is 2.00. The normalized spacial score (nSPS) is 14.5. The smallest absolute Gasteiger partial charge is 0.246 e. The molecular formula is C17H17BrClN3O2. The molecule has 24 heavy (non-hydrogen) atoms. The second-order valence-corrected chi connectivity index (χ2v) is 7.23. The average Bonchev–Trinajstić information content (AvgIpc) is 2.78. The number of aromatic nitrogens is 1. The number of benzene rings is 1. The van der Waals surface area contributed by atoms with Crippen LogP contribution in [0.4, 0.5) is 0 Å².